The topological polar surface area (TPSA) is 76.2 Å². The molecule has 0 saturated heterocycles. The van der Waals surface area contributed by atoms with Crippen molar-refractivity contribution in [2.75, 3.05) is 0 Å². The molecular weight excluding hydrogens is 288 g/mol. The van der Waals surface area contributed by atoms with Gasteiger partial charge in [0.15, 0.2) is 5.78 Å². The van der Waals surface area contributed by atoms with Gasteiger partial charge in [-0.1, -0.05) is 23.4 Å². The number of phenols is 1. The van der Waals surface area contributed by atoms with Crippen molar-refractivity contribution in [3.63, 3.8) is 0 Å². The molecule has 0 unspecified atom stereocenters. The molecule has 0 radical (unpaired) electrons. The van der Waals surface area contributed by atoms with E-state index in [1.165, 1.54) is 24.8 Å². The fourth-order valence-electron chi connectivity index (χ4n) is 1.51. The lowest BCUT2D eigenvalue weighted by Crippen LogP contribution is -1.96. The molecule has 5 nitrogen and oxygen atoms in total. The maximum absolute atomic E-state index is 11.4. The van der Waals surface area contributed by atoms with E-state index >= 15 is 0 Å². The van der Waals surface area contributed by atoms with E-state index in [1.807, 2.05) is 0 Å². The van der Waals surface area contributed by atoms with Crippen molar-refractivity contribution >= 4 is 29.1 Å². The predicted molar refractivity (Wildman–Crippen MR) is 71.7 cm³/mol. The van der Waals surface area contributed by atoms with Gasteiger partial charge in [-0.3, -0.25) is 4.79 Å². The lowest BCUT2D eigenvalue weighted by molar-refractivity contribution is 0.101. The maximum Gasteiger partial charge on any atom is 0.276 e. The summed E-state index contributed by atoms with van der Waals surface area (Å²) in [6.07, 6.45) is 0. The number of carbonyl (C=O) groups is 1. The van der Waals surface area contributed by atoms with E-state index in [1.54, 1.807) is 13.0 Å². The highest BCUT2D eigenvalue weighted by Crippen LogP contribution is 2.32. The van der Waals surface area contributed by atoms with E-state index in [9.17, 15) is 9.90 Å². The van der Waals surface area contributed by atoms with Crippen molar-refractivity contribution in [2.45, 2.75) is 24.8 Å². The number of hydrogen-bond acceptors (Lipinski definition) is 6. The summed E-state index contributed by atoms with van der Waals surface area (Å²) >= 11 is 7.20. The highest BCUT2D eigenvalue weighted by atomic mass is 35.5. The number of rotatable bonds is 4. The number of aromatic nitrogens is 2. The summed E-state index contributed by atoms with van der Waals surface area (Å²) in [5, 5.41) is 18.4. The molecule has 1 heterocycles. The van der Waals surface area contributed by atoms with E-state index in [2.05, 4.69) is 10.2 Å². The van der Waals surface area contributed by atoms with Gasteiger partial charge in [0.2, 0.25) is 5.89 Å². The van der Waals surface area contributed by atoms with Crippen LogP contribution >= 0.6 is 23.4 Å². The Bertz CT molecular complexity index is 627. The first kappa shape index (κ1) is 13.9. The van der Waals surface area contributed by atoms with Crippen LogP contribution in [0.15, 0.2) is 21.8 Å². The Hall–Kier alpha value is -1.53. The zero-order valence-corrected chi connectivity index (χ0v) is 11.9. The summed E-state index contributed by atoms with van der Waals surface area (Å²) in [7, 11) is 0. The molecule has 2 aromatic rings. The molecule has 0 aliphatic carbocycles. The van der Waals surface area contributed by atoms with E-state index in [4.69, 9.17) is 16.0 Å². The largest absolute Gasteiger partial charge is 0.507 e. The Kier molecular flexibility index (Phi) is 4.11. The summed E-state index contributed by atoms with van der Waals surface area (Å²) in [5.41, 5.74) is 0.767. The molecule has 100 valence electrons. The zero-order valence-electron chi connectivity index (χ0n) is 10.3. The minimum Gasteiger partial charge on any atom is -0.507 e. The maximum atomic E-state index is 11.4. The van der Waals surface area contributed by atoms with E-state index in [-0.39, 0.29) is 17.1 Å². The number of thioether (sulfide) groups is 1. The van der Waals surface area contributed by atoms with Crippen LogP contribution < -0.4 is 0 Å². The van der Waals surface area contributed by atoms with Crippen LogP contribution in [0.5, 0.6) is 5.75 Å². The Labute approximate surface area is 119 Å². The van der Waals surface area contributed by atoms with E-state index in [0.29, 0.717) is 27.5 Å². The van der Waals surface area contributed by atoms with Crippen LogP contribution in [0.2, 0.25) is 5.02 Å². The number of phenolic OH excluding ortho intramolecular Hbond substituents is 1. The Morgan fingerprint density at radius 1 is 1.47 bits per heavy atom. The third kappa shape index (κ3) is 3.27. The predicted octanol–water partition coefficient (Wildman–Crippen LogP) is 3.23. The van der Waals surface area contributed by atoms with Crippen molar-refractivity contribution in [1.29, 1.82) is 0 Å². The van der Waals surface area contributed by atoms with Gasteiger partial charge in [-0.05, 0) is 19.1 Å². The number of carbonyl (C=O) groups excluding carboxylic acids is 1. The van der Waals surface area contributed by atoms with Crippen molar-refractivity contribution in [3.8, 4) is 5.75 Å². The zero-order chi connectivity index (χ0) is 14.0. The van der Waals surface area contributed by atoms with Gasteiger partial charge < -0.3 is 9.52 Å². The van der Waals surface area contributed by atoms with Gasteiger partial charge in [-0.2, -0.15) is 0 Å². The molecule has 19 heavy (non-hydrogen) atoms. The van der Waals surface area contributed by atoms with Crippen molar-refractivity contribution in [2.24, 2.45) is 0 Å². The standard InChI is InChI=1S/C12H11ClN2O3S/c1-6(16)10-4-9(13)3-8(11(10)17)5-19-12-15-14-7(2)18-12/h3-4,17H,5H2,1-2H3. The van der Waals surface area contributed by atoms with Gasteiger partial charge in [-0.25, -0.2) is 0 Å². The summed E-state index contributed by atoms with van der Waals surface area (Å²) in [4.78, 5) is 11.4. The molecular formula is C12H11ClN2O3S. The second kappa shape index (κ2) is 5.63. The van der Waals surface area contributed by atoms with Crippen LogP contribution in [-0.2, 0) is 5.75 Å². The van der Waals surface area contributed by atoms with Crippen LogP contribution in [0.3, 0.4) is 0 Å². The molecule has 0 atom stereocenters. The van der Waals surface area contributed by atoms with Gasteiger partial charge in [0, 0.05) is 23.3 Å². The number of ketones is 1. The molecule has 0 saturated carbocycles. The number of aromatic hydroxyl groups is 1. The van der Waals surface area contributed by atoms with Crippen LogP contribution in [0.25, 0.3) is 0 Å². The summed E-state index contributed by atoms with van der Waals surface area (Å²) in [6, 6.07) is 3.06. The minimum atomic E-state index is -0.236. The first-order chi connectivity index (χ1) is 8.97. The van der Waals surface area contributed by atoms with Gasteiger partial charge in [0.25, 0.3) is 5.22 Å². The minimum absolute atomic E-state index is 0.0550. The second-order valence-electron chi connectivity index (χ2n) is 3.89. The van der Waals surface area contributed by atoms with Gasteiger partial charge in [0.05, 0.1) is 5.56 Å². The number of halogens is 1. The Morgan fingerprint density at radius 2 is 2.21 bits per heavy atom. The first-order valence-electron chi connectivity index (χ1n) is 5.42. The van der Waals surface area contributed by atoms with Crippen molar-refractivity contribution < 1.29 is 14.3 Å². The second-order valence-corrected chi connectivity index (χ2v) is 5.26. The van der Waals surface area contributed by atoms with Gasteiger partial charge in [-0.15, -0.1) is 10.2 Å². The molecule has 0 aliphatic rings. The Morgan fingerprint density at radius 3 is 2.79 bits per heavy atom. The fraction of sp³-hybridized carbons (Fsp3) is 0.250. The van der Waals surface area contributed by atoms with E-state index in [0.717, 1.165) is 0 Å². The molecule has 0 fully saturated rings. The average Bonchev–Trinajstić information content (AvgIpc) is 2.75. The van der Waals surface area contributed by atoms with Crippen LogP contribution in [-0.4, -0.2) is 21.1 Å². The summed E-state index contributed by atoms with van der Waals surface area (Å²) in [6.45, 7) is 3.07. The number of hydrogen-bond donors (Lipinski definition) is 1. The highest BCUT2D eigenvalue weighted by molar-refractivity contribution is 7.98. The lowest BCUT2D eigenvalue weighted by Gasteiger charge is -2.07. The van der Waals surface area contributed by atoms with Crippen LogP contribution in [0.4, 0.5) is 0 Å². The van der Waals surface area contributed by atoms with E-state index < -0.39 is 0 Å². The van der Waals surface area contributed by atoms with Crippen molar-refractivity contribution in [1.82, 2.24) is 10.2 Å². The molecule has 1 aromatic carbocycles. The normalized spacial score (nSPS) is 10.7. The molecule has 0 spiro atoms. The molecule has 2 rings (SSSR count). The fourth-order valence-corrected chi connectivity index (χ4v) is 2.53. The molecule has 0 aliphatic heterocycles. The summed E-state index contributed by atoms with van der Waals surface area (Å²) in [5.74, 6) is 0.566. The average molecular weight is 299 g/mol. The molecule has 1 N–H and O–H groups in total. The quantitative estimate of drug-likeness (QED) is 0.690. The Balaban J connectivity index is 2.22. The number of benzene rings is 1. The SMILES string of the molecule is CC(=O)c1cc(Cl)cc(CSc2nnc(C)o2)c1O. The molecule has 7 heteroatoms. The lowest BCUT2D eigenvalue weighted by atomic mass is 10.1. The first-order valence-corrected chi connectivity index (χ1v) is 6.79. The number of nitrogens with zero attached hydrogens (tertiary/aromatic N) is 2. The third-order valence-electron chi connectivity index (χ3n) is 2.39. The van der Waals surface area contributed by atoms with Gasteiger partial charge in [0.1, 0.15) is 5.75 Å². The van der Waals surface area contributed by atoms with Crippen LogP contribution in [0.1, 0.15) is 28.7 Å². The van der Waals surface area contributed by atoms with Crippen LogP contribution in [0, 0.1) is 6.92 Å². The highest BCUT2D eigenvalue weighted by Gasteiger charge is 2.14. The smallest absolute Gasteiger partial charge is 0.276 e. The van der Waals surface area contributed by atoms with Crippen molar-refractivity contribution in [3.05, 3.63) is 34.2 Å². The van der Waals surface area contributed by atoms with Gasteiger partial charge >= 0.3 is 0 Å². The number of Topliss-reactive ketones (excluding diaryl/α,β-unsaturated/α-hetero) is 1. The molecule has 0 bridgehead atoms. The monoisotopic (exact) mass is 298 g/mol. The third-order valence-corrected chi connectivity index (χ3v) is 3.48. The molecule has 0 amide bonds. The summed E-state index contributed by atoms with van der Waals surface area (Å²) < 4.78 is 5.21. The molecule has 1 aromatic heterocycles. The number of aryl methyl sites for hydroxylation is 1.